The summed E-state index contributed by atoms with van der Waals surface area (Å²) in [4.78, 5) is 18.8. The molecule has 4 aliphatic carbocycles. The molecule has 296 valence electrons. The van der Waals surface area contributed by atoms with Gasteiger partial charge in [0.05, 0.1) is 0 Å². The van der Waals surface area contributed by atoms with E-state index in [0.717, 1.165) is 47.9 Å². The van der Waals surface area contributed by atoms with Gasteiger partial charge in [0, 0.05) is 9.75 Å². The molecule has 0 saturated heterocycles. The number of thiophene rings is 8. The molecule has 2 aromatic carbocycles. The van der Waals surface area contributed by atoms with E-state index in [9.17, 15) is 0 Å². The van der Waals surface area contributed by atoms with Gasteiger partial charge in [-0.2, -0.15) is 64.9 Å². The smallest absolute Gasteiger partial charge is 0.281 e. The van der Waals surface area contributed by atoms with Crippen LogP contribution >= 0.6 is 90.7 Å². The Morgan fingerprint density at radius 1 is 0.371 bits per heavy atom. The van der Waals surface area contributed by atoms with E-state index < -0.39 is 0 Å². The van der Waals surface area contributed by atoms with Crippen LogP contribution < -0.4 is 0 Å². The van der Waals surface area contributed by atoms with Crippen LogP contribution in [0.15, 0.2) is 59.3 Å². The van der Waals surface area contributed by atoms with E-state index in [1.165, 1.54) is 113 Å². The van der Waals surface area contributed by atoms with E-state index in [1.807, 2.05) is 90.7 Å². The van der Waals surface area contributed by atoms with Gasteiger partial charge in [0.2, 0.25) is 0 Å². The molecule has 0 bridgehead atoms. The first-order valence-electron chi connectivity index (χ1n) is 18.9. The third kappa shape index (κ3) is 7.79. The maximum Gasteiger partial charge on any atom is 2.00 e. The first-order chi connectivity index (χ1) is 28.5. The van der Waals surface area contributed by atoms with Crippen LogP contribution in [-0.4, -0.2) is 0 Å². The van der Waals surface area contributed by atoms with Crippen molar-refractivity contribution < 1.29 is 84.3 Å². The molecule has 10 aromatic rings. The molecule has 4 aliphatic rings. The van der Waals surface area contributed by atoms with Gasteiger partial charge in [0.25, 0.3) is 0 Å². The van der Waals surface area contributed by atoms with Crippen molar-refractivity contribution in [2.75, 3.05) is 0 Å². The third-order valence-corrected chi connectivity index (χ3v) is 20.5. The van der Waals surface area contributed by atoms with Crippen LogP contribution in [0.4, 0.5) is 0 Å². The molecule has 0 N–H and O–H groups in total. The summed E-state index contributed by atoms with van der Waals surface area (Å²) < 4.78 is 0. The Hall–Kier alpha value is -1.21. The monoisotopic (exact) mass is 1620 g/mol. The number of aryl methyl sites for hydroxylation is 2. The number of fused-ring (bicyclic) bond motifs is 12. The van der Waals surface area contributed by atoms with Gasteiger partial charge in [-0.15, -0.1) is 22.3 Å². The van der Waals surface area contributed by atoms with Crippen LogP contribution in [0.25, 0.3) is 80.8 Å². The molecule has 0 atom stereocenters. The molecule has 14 rings (SSSR count). The summed E-state index contributed by atoms with van der Waals surface area (Å²) in [7, 11) is 0. The van der Waals surface area contributed by atoms with Crippen molar-refractivity contribution in [3.8, 4) is 80.8 Å². The largest absolute Gasteiger partial charge is 2.00 e. The second kappa shape index (κ2) is 18.1. The van der Waals surface area contributed by atoms with Crippen LogP contribution in [0.5, 0.6) is 0 Å². The van der Waals surface area contributed by atoms with E-state index >= 15 is 0 Å². The molecular formula is C50H24S8W4. The molecule has 0 aliphatic heterocycles. The second-order valence-electron chi connectivity index (χ2n) is 14.9. The fourth-order valence-electron chi connectivity index (χ4n) is 8.43. The van der Waals surface area contributed by atoms with Crippen LogP contribution in [0, 0.1) is 62.4 Å². The average molecular weight is 1620 g/mol. The minimum absolute atomic E-state index is 0. The number of hydrogen-bond acceptors (Lipinski definition) is 8. The summed E-state index contributed by atoms with van der Waals surface area (Å²) in [5.74, 6) is 0. The zero-order valence-electron chi connectivity index (χ0n) is 32.5. The quantitative estimate of drug-likeness (QED) is 0.154. The maximum atomic E-state index is 3.64. The van der Waals surface area contributed by atoms with E-state index in [-0.39, 0.29) is 84.3 Å². The van der Waals surface area contributed by atoms with Gasteiger partial charge in [-0.1, -0.05) is 19.5 Å². The van der Waals surface area contributed by atoms with E-state index in [0.29, 0.717) is 0 Å². The Morgan fingerprint density at radius 3 is 1.00 bits per heavy atom. The van der Waals surface area contributed by atoms with Crippen LogP contribution in [-0.2, 0) is 110 Å². The second-order valence-corrected chi connectivity index (χ2v) is 23.4. The number of hydrogen-bond donors (Lipinski definition) is 0. The molecule has 8 heterocycles. The molecule has 0 fully saturated rings. The molecule has 0 saturated carbocycles. The average Bonchev–Trinajstić information content (AvgIpc) is 4.03. The zero-order chi connectivity index (χ0) is 38.2. The van der Waals surface area contributed by atoms with Crippen molar-refractivity contribution in [3.05, 3.63) is 162 Å². The van der Waals surface area contributed by atoms with Gasteiger partial charge in [-0.05, 0) is 116 Å². The third-order valence-electron chi connectivity index (χ3n) is 11.1. The van der Waals surface area contributed by atoms with Gasteiger partial charge in [-0.3, -0.25) is 91.9 Å². The van der Waals surface area contributed by atoms with Crippen LogP contribution in [0.3, 0.4) is 0 Å². The Kier molecular flexibility index (Phi) is 13.4. The van der Waals surface area contributed by atoms with Gasteiger partial charge >= 0.3 is 84.3 Å². The SMILES string of the molecule is Cc1cc2c(s1)-c1sc(-c3[c-]cc(-c4[c-]c5c(s4)-c4sc(C)cc4C5)[c-]c3)[c-]c1C2.[W+2].[W+2].[W+2].[W+2].[c-]1cc(-c2[c-]c3c(s2)-c2sccc2C3)[c-]cc1-c1[c-]c2c(s1)-c1sccc1C2. The first kappa shape index (κ1) is 45.9. The van der Waals surface area contributed by atoms with Crippen molar-refractivity contribution in [2.45, 2.75) is 39.5 Å². The maximum absolute atomic E-state index is 3.64. The predicted octanol–water partition coefficient (Wildman–Crippen LogP) is 15.8. The summed E-state index contributed by atoms with van der Waals surface area (Å²) >= 11 is 14.9. The molecule has 0 nitrogen and oxygen atoms in total. The predicted molar refractivity (Wildman–Crippen MR) is 251 cm³/mol. The minimum Gasteiger partial charge on any atom is -0.281 e. The van der Waals surface area contributed by atoms with Crippen molar-refractivity contribution >= 4 is 90.7 Å². The van der Waals surface area contributed by atoms with Gasteiger partial charge < -0.3 is 0 Å². The Labute approximate surface area is 451 Å². The molecular weight excluding hydrogens is 1590 g/mol. The molecule has 12 heteroatoms. The topological polar surface area (TPSA) is 0 Å². The summed E-state index contributed by atoms with van der Waals surface area (Å²) in [6.07, 6.45) is 4.08. The van der Waals surface area contributed by atoms with Crippen molar-refractivity contribution in [1.29, 1.82) is 0 Å². The molecule has 0 radical (unpaired) electrons. The minimum atomic E-state index is 0. The summed E-state index contributed by atoms with van der Waals surface area (Å²) in [6, 6.07) is 45.9. The normalized spacial score (nSPS) is 12.5. The number of benzene rings is 2. The summed E-state index contributed by atoms with van der Waals surface area (Å²) in [5.41, 5.74) is 15.6. The fourth-order valence-corrected chi connectivity index (χ4v) is 17.6. The Bertz CT molecular complexity index is 3040. The summed E-state index contributed by atoms with van der Waals surface area (Å²) in [6.45, 7) is 4.39. The first-order valence-corrected chi connectivity index (χ1v) is 25.5. The Balaban J connectivity index is 0.000000149. The molecule has 8 aromatic heterocycles. The van der Waals surface area contributed by atoms with Gasteiger partial charge in [-0.25, -0.2) is 48.5 Å². The zero-order valence-corrected chi connectivity index (χ0v) is 50.8. The van der Waals surface area contributed by atoms with Crippen molar-refractivity contribution in [1.82, 2.24) is 0 Å². The van der Waals surface area contributed by atoms with Crippen LogP contribution in [0.1, 0.15) is 54.3 Å². The van der Waals surface area contributed by atoms with Crippen molar-refractivity contribution in [2.24, 2.45) is 0 Å². The Morgan fingerprint density at radius 2 is 0.677 bits per heavy atom. The standard InChI is InChI=1S/C26H14S4.C24H10S4.4W/c1-13-7-17-9-19-11-21(29-25(19)23(17)27-13)15-3-5-16(6-4-15)22-12-20-10-18-8-14(2)28-24(18)26(20)30-22;1-2-14(20-12-18-10-16-6-8-26-22(16)24(18)28-20)4-3-13(1)19-11-17-9-15-5-7-25-21(15)23(17)27-19;;;;/h3,6-8H,9-10H2,1-2H3;1,4-8H,9-10H2;;;;/q2*-4;4*+2. The molecule has 0 amide bonds. The fraction of sp³-hybridized carbons (Fsp3) is 0.120. The van der Waals surface area contributed by atoms with E-state index in [2.05, 4.69) is 122 Å². The van der Waals surface area contributed by atoms with Crippen molar-refractivity contribution in [3.63, 3.8) is 0 Å². The van der Waals surface area contributed by atoms with E-state index in [1.54, 1.807) is 0 Å². The molecule has 0 unspecified atom stereocenters. The van der Waals surface area contributed by atoms with Gasteiger partial charge in [0.15, 0.2) is 0 Å². The van der Waals surface area contributed by atoms with Crippen LogP contribution in [0.2, 0.25) is 0 Å². The van der Waals surface area contributed by atoms with Gasteiger partial charge in [0.1, 0.15) is 0 Å². The number of rotatable bonds is 4. The molecule has 62 heavy (non-hydrogen) atoms. The van der Waals surface area contributed by atoms with E-state index in [4.69, 9.17) is 0 Å². The summed E-state index contributed by atoms with van der Waals surface area (Å²) in [5, 5.41) is 4.38. The molecule has 0 spiro atoms.